The first-order valence-corrected chi connectivity index (χ1v) is 6.00. The predicted octanol–water partition coefficient (Wildman–Crippen LogP) is 1.44. The van der Waals surface area contributed by atoms with E-state index in [2.05, 4.69) is 26.3 Å². The maximum absolute atomic E-state index is 11.3. The Balaban J connectivity index is 2.61. The van der Waals surface area contributed by atoms with Crippen LogP contribution in [-0.4, -0.2) is 21.0 Å². The van der Waals surface area contributed by atoms with Crippen molar-refractivity contribution in [2.45, 2.75) is 26.8 Å². The molecule has 0 saturated heterocycles. The van der Waals surface area contributed by atoms with E-state index >= 15 is 0 Å². The van der Waals surface area contributed by atoms with Gasteiger partial charge in [-0.2, -0.15) is 5.10 Å². The smallest absolute Gasteiger partial charge is 0.221 e. The van der Waals surface area contributed by atoms with Crippen LogP contribution in [0.15, 0.2) is 0 Å². The number of rotatable bonds is 4. The number of amides is 1. The summed E-state index contributed by atoms with van der Waals surface area (Å²) in [6.45, 7) is 4.53. The summed E-state index contributed by atoms with van der Waals surface area (Å²) in [5, 5.41) is 7.86. The van der Waals surface area contributed by atoms with E-state index in [9.17, 15) is 4.79 Å². The Morgan fingerprint density at radius 2 is 2.20 bits per heavy atom. The van der Waals surface area contributed by atoms with Gasteiger partial charge >= 0.3 is 0 Å². The Bertz CT molecular complexity index is 360. The molecule has 1 heterocycles. The van der Waals surface area contributed by atoms with Gasteiger partial charge in [-0.1, -0.05) is 15.9 Å². The maximum atomic E-state index is 11.3. The fourth-order valence-electron chi connectivity index (χ4n) is 1.43. The minimum atomic E-state index is 0.0644. The first kappa shape index (κ1) is 12.2. The third kappa shape index (κ3) is 3.06. The van der Waals surface area contributed by atoms with Crippen molar-refractivity contribution in [2.75, 3.05) is 5.33 Å². The molecule has 0 atom stereocenters. The third-order valence-electron chi connectivity index (χ3n) is 2.44. The molecule has 0 radical (unpaired) electrons. The van der Waals surface area contributed by atoms with Gasteiger partial charge in [0.05, 0.1) is 5.69 Å². The molecule has 1 N–H and O–H groups in total. The lowest BCUT2D eigenvalue weighted by molar-refractivity contribution is -0.120. The van der Waals surface area contributed by atoms with Crippen molar-refractivity contribution in [3.63, 3.8) is 0 Å². The summed E-state index contributed by atoms with van der Waals surface area (Å²) < 4.78 is 1.83. The van der Waals surface area contributed by atoms with Crippen molar-refractivity contribution in [2.24, 2.45) is 7.05 Å². The molecule has 5 heteroatoms. The minimum Gasteiger partial charge on any atom is -0.352 e. The van der Waals surface area contributed by atoms with E-state index in [0.717, 1.165) is 17.0 Å². The zero-order valence-electron chi connectivity index (χ0n) is 9.30. The summed E-state index contributed by atoms with van der Waals surface area (Å²) >= 11 is 3.23. The molecule has 1 amide bonds. The average Bonchev–Trinajstić information content (AvgIpc) is 2.40. The molecule has 84 valence electrons. The highest BCUT2D eigenvalue weighted by Gasteiger charge is 2.09. The third-order valence-corrected chi connectivity index (χ3v) is 2.84. The lowest BCUT2D eigenvalue weighted by atomic mass is 10.2. The Labute approximate surface area is 98.2 Å². The van der Waals surface area contributed by atoms with Crippen molar-refractivity contribution in [3.05, 3.63) is 17.0 Å². The van der Waals surface area contributed by atoms with Crippen LogP contribution in [0.25, 0.3) is 0 Å². The SMILES string of the molecule is Cc1nn(C)c(C)c1CNC(=O)CCBr. The van der Waals surface area contributed by atoms with Gasteiger partial charge in [-0.25, -0.2) is 0 Å². The largest absolute Gasteiger partial charge is 0.352 e. The number of carbonyl (C=O) groups excluding carboxylic acids is 1. The second-order valence-electron chi connectivity index (χ2n) is 3.49. The molecule has 1 aromatic heterocycles. The van der Waals surface area contributed by atoms with Crippen molar-refractivity contribution in [1.82, 2.24) is 15.1 Å². The Hall–Kier alpha value is -0.840. The number of hydrogen-bond donors (Lipinski definition) is 1. The molecule has 1 aromatic rings. The quantitative estimate of drug-likeness (QED) is 0.844. The fourth-order valence-corrected chi connectivity index (χ4v) is 1.79. The van der Waals surface area contributed by atoms with Gasteiger partial charge in [0, 0.05) is 36.6 Å². The number of carbonyl (C=O) groups is 1. The average molecular weight is 274 g/mol. The highest BCUT2D eigenvalue weighted by Crippen LogP contribution is 2.11. The number of hydrogen-bond acceptors (Lipinski definition) is 2. The number of aryl methyl sites for hydroxylation is 2. The number of nitrogens with one attached hydrogen (secondary N) is 1. The second-order valence-corrected chi connectivity index (χ2v) is 4.28. The summed E-state index contributed by atoms with van der Waals surface area (Å²) in [7, 11) is 1.91. The summed E-state index contributed by atoms with van der Waals surface area (Å²) in [4.78, 5) is 11.3. The van der Waals surface area contributed by atoms with E-state index in [4.69, 9.17) is 0 Å². The van der Waals surface area contributed by atoms with Crippen molar-refractivity contribution in [1.29, 1.82) is 0 Å². The van der Waals surface area contributed by atoms with Gasteiger partial charge in [0.15, 0.2) is 0 Å². The lowest BCUT2D eigenvalue weighted by Crippen LogP contribution is -2.23. The van der Waals surface area contributed by atoms with Gasteiger partial charge in [-0.05, 0) is 13.8 Å². The second kappa shape index (κ2) is 5.30. The first-order chi connectivity index (χ1) is 7.06. The van der Waals surface area contributed by atoms with E-state index < -0.39 is 0 Å². The molecular formula is C10H16BrN3O. The van der Waals surface area contributed by atoms with Gasteiger partial charge in [0.2, 0.25) is 5.91 Å². The Kier molecular flexibility index (Phi) is 4.32. The van der Waals surface area contributed by atoms with Crippen LogP contribution in [0.1, 0.15) is 23.4 Å². The standard InChI is InChI=1S/C10H16BrN3O/c1-7-9(8(2)14(3)13-7)6-12-10(15)4-5-11/h4-6H2,1-3H3,(H,12,15). The first-order valence-electron chi connectivity index (χ1n) is 4.88. The molecule has 15 heavy (non-hydrogen) atoms. The molecule has 0 spiro atoms. The van der Waals surface area contributed by atoms with E-state index in [1.165, 1.54) is 0 Å². The zero-order valence-corrected chi connectivity index (χ0v) is 10.9. The molecule has 0 bridgehead atoms. The van der Waals surface area contributed by atoms with Crippen LogP contribution in [0.3, 0.4) is 0 Å². The summed E-state index contributed by atoms with van der Waals surface area (Å²) in [6, 6.07) is 0. The van der Waals surface area contributed by atoms with Crippen molar-refractivity contribution >= 4 is 21.8 Å². The topological polar surface area (TPSA) is 46.9 Å². The monoisotopic (exact) mass is 273 g/mol. The van der Waals surface area contributed by atoms with Gasteiger partial charge in [0.1, 0.15) is 0 Å². The Morgan fingerprint density at radius 3 is 2.67 bits per heavy atom. The molecule has 0 saturated carbocycles. The van der Waals surface area contributed by atoms with E-state index in [1.54, 1.807) is 0 Å². The molecule has 0 aliphatic rings. The van der Waals surface area contributed by atoms with E-state index in [-0.39, 0.29) is 5.91 Å². The van der Waals surface area contributed by atoms with E-state index in [1.807, 2.05) is 25.6 Å². The predicted molar refractivity (Wildman–Crippen MR) is 62.9 cm³/mol. The molecule has 0 aliphatic carbocycles. The van der Waals surface area contributed by atoms with Crippen LogP contribution in [-0.2, 0) is 18.4 Å². The molecule has 0 fully saturated rings. The highest BCUT2D eigenvalue weighted by atomic mass is 79.9. The van der Waals surface area contributed by atoms with Gasteiger partial charge in [0.25, 0.3) is 0 Å². The van der Waals surface area contributed by atoms with Crippen LogP contribution in [0.5, 0.6) is 0 Å². The summed E-state index contributed by atoms with van der Waals surface area (Å²) in [5.41, 5.74) is 3.20. The number of aromatic nitrogens is 2. The van der Waals surface area contributed by atoms with Gasteiger partial charge in [-0.3, -0.25) is 9.48 Å². The number of halogens is 1. The summed E-state index contributed by atoms with van der Waals surface area (Å²) in [6.07, 6.45) is 0.512. The lowest BCUT2D eigenvalue weighted by Gasteiger charge is -2.04. The Morgan fingerprint density at radius 1 is 1.53 bits per heavy atom. The van der Waals surface area contributed by atoms with Crippen LogP contribution in [0.2, 0.25) is 0 Å². The number of alkyl halides is 1. The molecule has 0 aromatic carbocycles. The molecule has 4 nitrogen and oxygen atoms in total. The molecule has 1 rings (SSSR count). The highest BCUT2D eigenvalue weighted by molar-refractivity contribution is 9.09. The summed E-state index contributed by atoms with van der Waals surface area (Å²) in [5.74, 6) is 0.0644. The van der Waals surface area contributed by atoms with Crippen LogP contribution >= 0.6 is 15.9 Å². The normalized spacial score (nSPS) is 10.4. The van der Waals surface area contributed by atoms with Crippen LogP contribution in [0, 0.1) is 13.8 Å². The molecule has 0 aliphatic heterocycles. The zero-order chi connectivity index (χ0) is 11.4. The minimum absolute atomic E-state index is 0.0644. The maximum Gasteiger partial charge on any atom is 0.221 e. The van der Waals surface area contributed by atoms with Gasteiger partial charge < -0.3 is 5.32 Å². The number of nitrogens with zero attached hydrogens (tertiary/aromatic N) is 2. The van der Waals surface area contributed by atoms with Crippen molar-refractivity contribution in [3.8, 4) is 0 Å². The fraction of sp³-hybridized carbons (Fsp3) is 0.600. The van der Waals surface area contributed by atoms with Crippen molar-refractivity contribution < 1.29 is 4.79 Å². The molecule has 0 unspecified atom stereocenters. The molecular weight excluding hydrogens is 258 g/mol. The van der Waals surface area contributed by atoms with E-state index in [0.29, 0.717) is 18.3 Å². The van der Waals surface area contributed by atoms with Crippen LogP contribution < -0.4 is 5.32 Å². The van der Waals surface area contributed by atoms with Gasteiger partial charge in [-0.15, -0.1) is 0 Å². The van der Waals surface area contributed by atoms with Crippen LogP contribution in [0.4, 0.5) is 0 Å².